The van der Waals surface area contributed by atoms with Gasteiger partial charge in [-0.15, -0.1) is 0 Å². The van der Waals surface area contributed by atoms with Gasteiger partial charge in [0, 0.05) is 84.2 Å². The van der Waals surface area contributed by atoms with Crippen LogP contribution in [0.4, 0.5) is 0 Å². The topological polar surface area (TPSA) is 99.6 Å². The zero-order chi connectivity index (χ0) is 34.0. The van der Waals surface area contributed by atoms with Crippen LogP contribution in [-0.2, 0) is 24.3 Å². The molecule has 1 saturated heterocycles. The molecule has 4 heterocycles. The molecule has 11 heteroatoms. The number of nitrogens with one attached hydrogen (secondary N) is 2. The molecule has 8 nitrogen and oxygen atoms in total. The lowest BCUT2D eigenvalue weighted by Crippen LogP contribution is -2.35. The van der Waals surface area contributed by atoms with Gasteiger partial charge in [0.15, 0.2) is 0 Å². The molecule has 4 aromatic rings. The van der Waals surface area contributed by atoms with Crippen molar-refractivity contribution < 1.29 is 14.6 Å². The number of amides is 1. The van der Waals surface area contributed by atoms with Gasteiger partial charge in [0.05, 0.1) is 34.1 Å². The summed E-state index contributed by atoms with van der Waals surface area (Å²) in [6.07, 6.45) is 4.70. The Morgan fingerprint density at radius 3 is 2.60 bits per heavy atom. The average molecular weight is 709 g/mol. The van der Waals surface area contributed by atoms with Crippen LogP contribution in [0.5, 0.6) is 5.88 Å². The Hall–Kier alpha value is -3.24. The number of carbonyl (C=O) groups excluding carboxylic acids is 1. The van der Waals surface area contributed by atoms with Crippen LogP contribution in [0.3, 0.4) is 0 Å². The molecule has 0 bridgehead atoms. The minimum absolute atomic E-state index is 0.101. The molecule has 0 saturated carbocycles. The molecule has 3 N–H and O–H groups in total. The fourth-order valence-electron chi connectivity index (χ4n) is 6.37. The molecule has 0 spiro atoms. The number of methoxy groups -OCH3 is 1. The van der Waals surface area contributed by atoms with Crippen LogP contribution in [0.1, 0.15) is 49.8 Å². The lowest BCUT2D eigenvalue weighted by atomic mass is 9.94. The highest BCUT2D eigenvalue weighted by molar-refractivity contribution is 6.39. The molecule has 2 aliphatic heterocycles. The van der Waals surface area contributed by atoms with E-state index in [2.05, 4.69) is 26.6 Å². The van der Waals surface area contributed by atoms with Gasteiger partial charge in [0.1, 0.15) is 0 Å². The van der Waals surface area contributed by atoms with Gasteiger partial charge in [-0.3, -0.25) is 14.7 Å². The second-order valence-electron chi connectivity index (χ2n) is 13.2. The van der Waals surface area contributed by atoms with Crippen molar-refractivity contribution in [2.24, 2.45) is 0 Å². The summed E-state index contributed by atoms with van der Waals surface area (Å²) in [6, 6.07) is 15.8. The zero-order valence-corrected chi connectivity index (χ0v) is 29.6. The van der Waals surface area contributed by atoms with E-state index in [1.54, 1.807) is 13.3 Å². The summed E-state index contributed by atoms with van der Waals surface area (Å²) in [5.41, 5.74) is 6.94. The van der Waals surface area contributed by atoms with Crippen molar-refractivity contribution in [3.8, 4) is 39.5 Å². The van der Waals surface area contributed by atoms with Crippen LogP contribution in [0.2, 0.25) is 15.1 Å². The number of carbonyl (C=O) groups is 1. The van der Waals surface area contributed by atoms with E-state index in [0.717, 1.165) is 65.9 Å². The van der Waals surface area contributed by atoms with E-state index in [0.29, 0.717) is 58.3 Å². The molecule has 1 atom stereocenters. The van der Waals surface area contributed by atoms with Crippen molar-refractivity contribution in [2.45, 2.75) is 64.3 Å². The summed E-state index contributed by atoms with van der Waals surface area (Å²) >= 11 is 21.1. The second kappa shape index (κ2) is 14.7. The third kappa shape index (κ3) is 7.80. The number of hydrogen-bond donors (Lipinski definition) is 3. The maximum Gasteiger partial charge on any atom is 0.220 e. The van der Waals surface area contributed by atoms with E-state index < -0.39 is 5.60 Å². The Morgan fingerprint density at radius 1 is 1.06 bits per heavy atom. The first-order valence-corrected chi connectivity index (χ1v) is 17.4. The summed E-state index contributed by atoms with van der Waals surface area (Å²) in [4.78, 5) is 23.3. The molecule has 48 heavy (non-hydrogen) atoms. The lowest BCUT2D eigenvalue weighted by Gasteiger charge is -2.31. The minimum Gasteiger partial charge on any atom is -0.481 e. The van der Waals surface area contributed by atoms with E-state index in [-0.39, 0.29) is 11.9 Å². The van der Waals surface area contributed by atoms with Gasteiger partial charge in [-0.05, 0) is 68.5 Å². The molecule has 2 aliphatic rings. The fraction of sp³-hybridized carbons (Fsp3) is 0.378. The normalized spacial score (nSPS) is 16.6. The highest BCUT2D eigenvalue weighted by atomic mass is 35.5. The average Bonchev–Trinajstić information content (AvgIpc) is 3.48. The van der Waals surface area contributed by atoms with Gasteiger partial charge in [-0.25, -0.2) is 4.98 Å². The van der Waals surface area contributed by atoms with Crippen LogP contribution in [0.15, 0.2) is 54.7 Å². The molecule has 252 valence electrons. The number of ether oxygens (including phenoxy) is 1. The van der Waals surface area contributed by atoms with Gasteiger partial charge in [0.25, 0.3) is 0 Å². The minimum atomic E-state index is -0.702. The van der Waals surface area contributed by atoms with Gasteiger partial charge in [-0.1, -0.05) is 59.1 Å². The molecule has 0 radical (unpaired) electrons. The molecular weight excluding hydrogens is 669 g/mol. The first-order valence-electron chi connectivity index (χ1n) is 16.2. The van der Waals surface area contributed by atoms with Gasteiger partial charge < -0.3 is 20.5 Å². The molecule has 6 rings (SSSR count). The number of aliphatic hydroxyl groups is 1. The molecule has 1 amide bonds. The fourth-order valence-corrected chi connectivity index (χ4v) is 7.31. The number of hydrogen-bond acceptors (Lipinski definition) is 7. The molecule has 2 aromatic heterocycles. The number of fused-ring (bicyclic) bond motifs is 1. The van der Waals surface area contributed by atoms with Crippen molar-refractivity contribution in [2.75, 3.05) is 26.7 Å². The van der Waals surface area contributed by atoms with Crippen molar-refractivity contribution >= 4 is 40.7 Å². The Bertz CT molecular complexity index is 1830. The SMILES string of the molecule is COc1nc(-c2cccc(-c3ccnc(-c4cc(Cl)c5c(c4)CCN(CCC(C)(C)O)C5)c3Cl)c2Cl)ccc1CNC[C@H]1CCC(=O)N1. The number of aromatic nitrogens is 2. The smallest absolute Gasteiger partial charge is 0.220 e. The number of benzene rings is 2. The van der Waals surface area contributed by atoms with Crippen molar-refractivity contribution in [1.29, 1.82) is 0 Å². The molecule has 1 fully saturated rings. The molecular formula is C37H40Cl3N5O3. The Morgan fingerprint density at radius 2 is 1.85 bits per heavy atom. The highest BCUT2D eigenvalue weighted by Crippen LogP contribution is 2.43. The first kappa shape index (κ1) is 34.6. The predicted octanol–water partition coefficient (Wildman–Crippen LogP) is 7.33. The molecule has 2 aromatic carbocycles. The maximum atomic E-state index is 11.5. The van der Waals surface area contributed by atoms with Crippen molar-refractivity contribution in [1.82, 2.24) is 25.5 Å². The largest absolute Gasteiger partial charge is 0.481 e. The first-order chi connectivity index (χ1) is 23.0. The third-order valence-electron chi connectivity index (χ3n) is 9.06. The van der Waals surface area contributed by atoms with E-state index in [1.807, 2.05) is 56.3 Å². The number of pyridine rings is 2. The quantitative estimate of drug-likeness (QED) is 0.150. The summed E-state index contributed by atoms with van der Waals surface area (Å²) < 4.78 is 5.65. The van der Waals surface area contributed by atoms with Gasteiger partial charge in [-0.2, -0.15) is 0 Å². The van der Waals surface area contributed by atoms with Crippen LogP contribution in [-0.4, -0.2) is 64.3 Å². The molecule has 0 aliphatic carbocycles. The Kier molecular flexibility index (Phi) is 10.6. The Balaban J connectivity index is 1.24. The van der Waals surface area contributed by atoms with E-state index >= 15 is 0 Å². The van der Waals surface area contributed by atoms with Crippen molar-refractivity contribution in [3.05, 3.63) is 86.5 Å². The third-order valence-corrected chi connectivity index (χ3v) is 10.2. The van der Waals surface area contributed by atoms with Crippen LogP contribution >= 0.6 is 34.8 Å². The van der Waals surface area contributed by atoms with E-state index in [9.17, 15) is 9.90 Å². The number of rotatable bonds is 11. The van der Waals surface area contributed by atoms with Gasteiger partial charge >= 0.3 is 0 Å². The van der Waals surface area contributed by atoms with Crippen LogP contribution in [0.25, 0.3) is 33.6 Å². The summed E-state index contributed by atoms with van der Waals surface area (Å²) in [5.74, 6) is 0.606. The van der Waals surface area contributed by atoms with Crippen LogP contribution in [0, 0.1) is 0 Å². The van der Waals surface area contributed by atoms with Gasteiger partial charge in [0.2, 0.25) is 11.8 Å². The standard InChI is InChI=1S/C37H40Cl3N5O3/c1-37(2,47)13-16-45-15-12-22-17-24(18-30(38)29(22)21-45)35-34(40)27(11-14-42-35)26-5-4-6-28(33(26)39)31-9-7-23(36(44-31)48-3)19-41-20-25-8-10-32(46)43-25/h4-7,9,11,14,17-18,25,41,47H,8,10,12-13,15-16,19-21H2,1-3H3,(H,43,46)/t25-/m1/s1. The summed E-state index contributed by atoms with van der Waals surface area (Å²) in [5, 5.41) is 18.2. The number of nitrogens with zero attached hydrogens (tertiary/aromatic N) is 3. The highest BCUT2D eigenvalue weighted by Gasteiger charge is 2.24. The van der Waals surface area contributed by atoms with E-state index in [4.69, 9.17) is 44.5 Å². The zero-order valence-electron chi connectivity index (χ0n) is 27.4. The maximum absolute atomic E-state index is 11.5. The summed E-state index contributed by atoms with van der Waals surface area (Å²) in [6.45, 7) is 7.35. The summed E-state index contributed by atoms with van der Waals surface area (Å²) in [7, 11) is 1.60. The molecule has 0 unspecified atom stereocenters. The monoisotopic (exact) mass is 707 g/mol. The number of halogens is 3. The van der Waals surface area contributed by atoms with Crippen molar-refractivity contribution in [3.63, 3.8) is 0 Å². The Labute approximate surface area is 296 Å². The second-order valence-corrected chi connectivity index (χ2v) is 14.3. The predicted molar refractivity (Wildman–Crippen MR) is 193 cm³/mol. The lowest BCUT2D eigenvalue weighted by molar-refractivity contribution is -0.119. The van der Waals surface area contributed by atoms with E-state index in [1.165, 1.54) is 5.56 Å². The van der Waals surface area contributed by atoms with Crippen LogP contribution < -0.4 is 15.4 Å².